The maximum absolute atomic E-state index is 12.7. The van der Waals surface area contributed by atoms with E-state index in [1.807, 2.05) is 0 Å². The highest BCUT2D eigenvalue weighted by Crippen LogP contribution is 2.17. The van der Waals surface area contributed by atoms with Crippen LogP contribution in [-0.2, 0) is 28.6 Å². The summed E-state index contributed by atoms with van der Waals surface area (Å²) in [6, 6.07) is 0. The molecule has 0 bridgehead atoms. The van der Waals surface area contributed by atoms with Gasteiger partial charge in [-0.2, -0.15) is 0 Å². The summed E-state index contributed by atoms with van der Waals surface area (Å²) in [6.45, 7) is 9.01. The number of hydrogen-bond acceptors (Lipinski definition) is 6. The first-order valence-electron chi connectivity index (χ1n) is 24.4. The predicted molar refractivity (Wildman–Crippen MR) is 233 cm³/mol. The van der Waals surface area contributed by atoms with E-state index in [2.05, 4.69) is 27.7 Å². The largest absolute Gasteiger partial charge is 0.462 e. The van der Waals surface area contributed by atoms with Crippen molar-refractivity contribution in [1.82, 2.24) is 0 Å². The fourth-order valence-electron chi connectivity index (χ4n) is 7.30. The van der Waals surface area contributed by atoms with Gasteiger partial charge in [0.15, 0.2) is 6.10 Å². The van der Waals surface area contributed by atoms with Crippen molar-refractivity contribution in [2.45, 2.75) is 278 Å². The van der Waals surface area contributed by atoms with E-state index in [1.165, 1.54) is 167 Å². The zero-order chi connectivity index (χ0) is 40.3. The minimum Gasteiger partial charge on any atom is -0.462 e. The molecular weight excluding hydrogens is 685 g/mol. The molecule has 0 radical (unpaired) electrons. The Morgan fingerprint density at radius 3 is 0.945 bits per heavy atom. The van der Waals surface area contributed by atoms with Gasteiger partial charge in [0.1, 0.15) is 13.2 Å². The van der Waals surface area contributed by atoms with Crippen LogP contribution < -0.4 is 0 Å². The van der Waals surface area contributed by atoms with Gasteiger partial charge in [0.25, 0.3) is 0 Å². The zero-order valence-corrected chi connectivity index (χ0v) is 37.4. The smallest absolute Gasteiger partial charge is 0.306 e. The van der Waals surface area contributed by atoms with Crippen LogP contribution in [-0.4, -0.2) is 37.2 Å². The van der Waals surface area contributed by atoms with Gasteiger partial charge in [0, 0.05) is 19.3 Å². The van der Waals surface area contributed by atoms with Crippen LogP contribution in [0.3, 0.4) is 0 Å². The van der Waals surface area contributed by atoms with E-state index in [9.17, 15) is 14.4 Å². The predicted octanol–water partition coefficient (Wildman–Crippen LogP) is 15.5. The zero-order valence-electron chi connectivity index (χ0n) is 37.4. The molecule has 0 amide bonds. The van der Waals surface area contributed by atoms with E-state index in [-0.39, 0.29) is 31.1 Å². The molecule has 326 valence electrons. The lowest BCUT2D eigenvalue weighted by molar-refractivity contribution is -0.167. The van der Waals surface area contributed by atoms with Crippen molar-refractivity contribution in [2.75, 3.05) is 13.2 Å². The molecule has 0 spiro atoms. The molecule has 0 aliphatic heterocycles. The van der Waals surface area contributed by atoms with Crippen LogP contribution in [0.4, 0.5) is 0 Å². The van der Waals surface area contributed by atoms with Crippen molar-refractivity contribution < 1.29 is 28.6 Å². The molecule has 0 heterocycles. The quantitative estimate of drug-likeness (QED) is 0.0348. The molecule has 0 saturated carbocycles. The first-order chi connectivity index (χ1) is 26.9. The highest BCUT2D eigenvalue weighted by atomic mass is 16.6. The van der Waals surface area contributed by atoms with Crippen LogP contribution in [0.15, 0.2) is 0 Å². The molecule has 0 N–H and O–H groups in total. The molecule has 0 aromatic carbocycles. The Morgan fingerprint density at radius 2 is 0.636 bits per heavy atom. The summed E-state index contributed by atoms with van der Waals surface area (Å²) in [4.78, 5) is 37.8. The van der Waals surface area contributed by atoms with Crippen LogP contribution >= 0.6 is 0 Å². The molecule has 1 unspecified atom stereocenters. The first-order valence-corrected chi connectivity index (χ1v) is 24.4. The number of unbranched alkanes of at least 4 members (excludes halogenated alkanes) is 30. The van der Waals surface area contributed by atoms with Gasteiger partial charge in [-0.1, -0.05) is 233 Å². The van der Waals surface area contributed by atoms with Crippen LogP contribution in [0.25, 0.3) is 0 Å². The summed E-state index contributed by atoms with van der Waals surface area (Å²) in [5.74, 6) is -0.00586. The van der Waals surface area contributed by atoms with Crippen LogP contribution in [0.5, 0.6) is 0 Å². The maximum Gasteiger partial charge on any atom is 0.306 e. The summed E-state index contributed by atoms with van der Waals surface area (Å²) >= 11 is 0. The molecule has 6 heteroatoms. The van der Waals surface area contributed by atoms with E-state index in [0.29, 0.717) is 19.3 Å². The fourth-order valence-corrected chi connectivity index (χ4v) is 7.30. The lowest BCUT2D eigenvalue weighted by Crippen LogP contribution is -2.30. The van der Waals surface area contributed by atoms with Gasteiger partial charge in [0.05, 0.1) is 0 Å². The first kappa shape index (κ1) is 53.4. The van der Waals surface area contributed by atoms with Crippen molar-refractivity contribution in [3.8, 4) is 0 Å². The second-order valence-corrected chi connectivity index (χ2v) is 17.0. The Bertz CT molecular complexity index is 828. The second-order valence-electron chi connectivity index (χ2n) is 17.0. The van der Waals surface area contributed by atoms with Crippen molar-refractivity contribution in [1.29, 1.82) is 0 Å². The Balaban J connectivity index is 4.32. The molecule has 6 nitrogen and oxygen atoms in total. The van der Waals surface area contributed by atoms with Gasteiger partial charge in [-0.25, -0.2) is 0 Å². The minimum absolute atomic E-state index is 0.0636. The van der Waals surface area contributed by atoms with E-state index >= 15 is 0 Å². The molecule has 0 aliphatic carbocycles. The monoisotopic (exact) mass is 779 g/mol. The molecular formula is C49H94O6. The van der Waals surface area contributed by atoms with Crippen molar-refractivity contribution in [3.05, 3.63) is 0 Å². The minimum atomic E-state index is -0.760. The Morgan fingerprint density at radius 1 is 0.364 bits per heavy atom. The highest BCUT2D eigenvalue weighted by molar-refractivity contribution is 5.71. The number of ether oxygens (including phenoxy) is 3. The van der Waals surface area contributed by atoms with Gasteiger partial charge in [0.2, 0.25) is 0 Å². The molecule has 0 fully saturated rings. The summed E-state index contributed by atoms with van der Waals surface area (Å²) < 4.78 is 16.8. The van der Waals surface area contributed by atoms with E-state index in [4.69, 9.17) is 14.2 Å². The molecule has 0 aromatic heterocycles. The van der Waals surface area contributed by atoms with E-state index in [1.54, 1.807) is 0 Å². The lowest BCUT2D eigenvalue weighted by Gasteiger charge is -2.18. The van der Waals surface area contributed by atoms with Crippen molar-refractivity contribution >= 4 is 17.9 Å². The molecule has 0 aromatic rings. The SMILES string of the molecule is CCCCCCCCCCCCCCCCC(=O)OC[C@H](COC(=O)CCCCCCCCCCCCC)OC(=O)CCCCCCCCCCC(C)CC. The van der Waals surface area contributed by atoms with Gasteiger partial charge in [-0.15, -0.1) is 0 Å². The lowest BCUT2D eigenvalue weighted by atomic mass is 9.99. The number of carbonyl (C=O) groups excluding carboxylic acids is 3. The van der Waals surface area contributed by atoms with Gasteiger partial charge in [-0.05, 0) is 25.2 Å². The van der Waals surface area contributed by atoms with Crippen LogP contribution in [0, 0.1) is 5.92 Å². The van der Waals surface area contributed by atoms with E-state index < -0.39 is 6.10 Å². The van der Waals surface area contributed by atoms with E-state index in [0.717, 1.165) is 63.7 Å². The Kier molecular flexibility index (Phi) is 42.3. The Labute approximate surface area is 342 Å². The summed E-state index contributed by atoms with van der Waals surface area (Å²) in [6.07, 6.45) is 43.6. The topological polar surface area (TPSA) is 78.9 Å². The second kappa shape index (κ2) is 43.5. The number of carbonyl (C=O) groups is 3. The third kappa shape index (κ3) is 41.9. The van der Waals surface area contributed by atoms with Gasteiger partial charge in [-0.3, -0.25) is 14.4 Å². The normalized spacial score (nSPS) is 12.4. The van der Waals surface area contributed by atoms with Gasteiger partial charge >= 0.3 is 17.9 Å². The third-order valence-electron chi connectivity index (χ3n) is 11.4. The van der Waals surface area contributed by atoms with Crippen molar-refractivity contribution in [3.63, 3.8) is 0 Å². The third-order valence-corrected chi connectivity index (χ3v) is 11.4. The van der Waals surface area contributed by atoms with Gasteiger partial charge < -0.3 is 14.2 Å². The molecule has 0 aliphatic rings. The summed E-state index contributed by atoms with van der Waals surface area (Å²) in [5.41, 5.74) is 0. The average molecular weight is 779 g/mol. The summed E-state index contributed by atoms with van der Waals surface area (Å²) in [7, 11) is 0. The molecule has 55 heavy (non-hydrogen) atoms. The van der Waals surface area contributed by atoms with Crippen LogP contribution in [0.1, 0.15) is 272 Å². The number of hydrogen-bond donors (Lipinski definition) is 0. The Hall–Kier alpha value is -1.59. The maximum atomic E-state index is 12.7. The fraction of sp³-hybridized carbons (Fsp3) is 0.939. The molecule has 0 saturated heterocycles. The molecule has 2 atom stereocenters. The molecule has 0 rings (SSSR count). The van der Waals surface area contributed by atoms with Crippen molar-refractivity contribution in [2.24, 2.45) is 5.92 Å². The standard InChI is InChI=1S/C49H94O6/c1-5-8-10-12-14-16-18-19-20-22-24-29-33-37-41-48(51)54-44-46(43-53-47(50)40-36-32-28-23-21-17-15-13-11-9-6-2)55-49(52)42-38-34-30-26-25-27-31-35-39-45(4)7-3/h45-46H,5-44H2,1-4H3/t45?,46-/m0/s1. The average Bonchev–Trinajstić information content (AvgIpc) is 3.18. The van der Waals surface area contributed by atoms with Crippen LogP contribution in [0.2, 0.25) is 0 Å². The number of esters is 3. The number of rotatable bonds is 44. The summed E-state index contributed by atoms with van der Waals surface area (Å²) in [5, 5.41) is 0. The highest BCUT2D eigenvalue weighted by Gasteiger charge is 2.19.